The van der Waals surface area contributed by atoms with Crippen molar-refractivity contribution in [3.63, 3.8) is 0 Å². The first-order valence-corrected chi connectivity index (χ1v) is 22.5. The van der Waals surface area contributed by atoms with Crippen molar-refractivity contribution in [2.45, 2.75) is 108 Å². The number of hydrogen-bond acceptors (Lipinski definition) is 1. The lowest BCUT2D eigenvalue weighted by molar-refractivity contribution is -0.0399. The average molecular weight is 756 g/mol. The Morgan fingerprint density at radius 1 is 0.448 bits per heavy atom. The molecular weight excluding hydrogens is 699 g/mol. The summed E-state index contributed by atoms with van der Waals surface area (Å²) >= 11 is 0. The number of hydrogen-bond donors (Lipinski definition) is 0. The van der Waals surface area contributed by atoms with E-state index in [4.69, 9.17) is 0 Å². The molecule has 0 aliphatic heterocycles. The second-order valence-electron chi connectivity index (χ2n) is 21.2. The lowest BCUT2D eigenvalue weighted by atomic mass is 9.43. The van der Waals surface area contributed by atoms with Crippen molar-refractivity contribution in [1.82, 2.24) is 0 Å². The first-order chi connectivity index (χ1) is 28.0. The molecule has 6 aromatic rings. The summed E-state index contributed by atoms with van der Waals surface area (Å²) in [5.74, 6) is 3.19. The van der Waals surface area contributed by atoms with Crippen molar-refractivity contribution < 1.29 is 0 Å². The van der Waals surface area contributed by atoms with Crippen LogP contribution in [0.15, 0.2) is 127 Å². The molecule has 13 rings (SSSR count). The fourth-order valence-electron chi connectivity index (χ4n) is 14.4. The van der Waals surface area contributed by atoms with Crippen LogP contribution in [0.2, 0.25) is 0 Å². The number of benzene rings is 6. The Morgan fingerprint density at radius 2 is 1.05 bits per heavy atom. The summed E-state index contributed by atoms with van der Waals surface area (Å²) < 4.78 is 0. The van der Waals surface area contributed by atoms with E-state index in [2.05, 4.69) is 174 Å². The van der Waals surface area contributed by atoms with E-state index in [1.54, 1.807) is 11.1 Å². The Bertz CT molecular complexity index is 2640. The minimum Gasteiger partial charge on any atom is -0.310 e. The largest absolute Gasteiger partial charge is 0.310 e. The summed E-state index contributed by atoms with van der Waals surface area (Å²) in [6.45, 7) is 14.8. The zero-order valence-corrected chi connectivity index (χ0v) is 35.3. The molecule has 58 heavy (non-hydrogen) atoms. The van der Waals surface area contributed by atoms with Gasteiger partial charge in [-0.3, -0.25) is 0 Å². The van der Waals surface area contributed by atoms with Crippen LogP contribution in [0.1, 0.15) is 120 Å². The van der Waals surface area contributed by atoms with Crippen molar-refractivity contribution in [3.8, 4) is 33.4 Å². The molecule has 290 valence electrons. The van der Waals surface area contributed by atoms with Gasteiger partial charge in [-0.25, -0.2) is 0 Å². The Hall–Kier alpha value is -4.88. The maximum atomic E-state index is 2.73. The van der Waals surface area contributed by atoms with Crippen LogP contribution in [0.3, 0.4) is 0 Å². The maximum Gasteiger partial charge on any atom is 0.0502 e. The summed E-state index contributed by atoms with van der Waals surface area (Å²) in [5.41, 5.74) is 21.6. The molecular formula is C57H57N. The third-order valence-corrected chi connectivity index (χ3v) is 16.9. The lowest BCUT2D eigenvalue weighted by Crippen LogP contribution is -2.55. The van der Waals surface area contributed by atoms with Gasteiger partial charge in [0.25, 0.3) is 0 Å². The molecule has 4 fully saturated rings. The van der Waals surface area contributed by atoms with E-state index in [1.807, 2.05) is 0 Å². The number of fused-ring (bicyclic) bond motifs is 7. The molecule has 0 atom stereocenters. The Morgan fingerprint density at radius 3 is 1.79 bits per heavy atom. The van der Waals surface area contributed by atoms with Gasteiger partial charge in [0.05, 0.1) is 5.69 Å². The van der Waals surface area contributed by atoms with Crippen LogP contribution in [0, 0.1) is 23.7 Å². The standard InChI is InChI=1S/C57H57N/c1-54(2)25-26-55(3,4)53-48(54)21-14-22-51(53)58(40-23-24-43-42-17-10-12-19-46(42)56(5,6)49(43)33-40)41-32-45(37-15-8-7-9-16-37)52-44-18-11-13-20-47(44)57(50(52)34-41)38-28-35-27-36(30-38)31-39(57)29-35/h7-24,32-36,38-39H,25-31H2,1-6H3. The van der Waals surface area contributed by atoms with Crippen LogP contribution in [0.5, 0.6) is 0 Å². The molecule has 7 aliphatic rings. The van der Waals surface area contributed by atoms with Crippen LogP contribution in [-0.4, -0.2) is 0 Å². The second kappa shape index (κ2) is 11.9. The van der Waals surface area contributed by atoms with Crippen molar-refractivity contribution in [1.29, 1.82) is 0 Å². The predicted octanol–water partition coefficient (Wildman–Crippen LogP) is 15.2. The van der Waals surface area contributed by atoms with E-state index >= 15 is 0 Å². The van der Waals surface area contributed by atoms with Crippen molar-refractivity contribution in [3.05, 3.63) is 161 Å². The molecule has 0 N–H and O–H groups in total. The van der Waals surface area contributed by atoms with Gasteiger partial charge in [-0.1, -0.05) is 139 Å². The van der Waals surface area contributed by atoms with E-state index in [-0.39, 0.29) is 21.7 Å². The quantitative estimate of drug-likeness (QED) is 0.173. The Kier molecular flexibility index (Phi) is 7.18. The highest BCUT2D eigenvalue weighted by atomic mass is 15.1. The van der Waals surface area contributed by atoms with Crippen molar-refractivity contribution in [2.75, 3.05) is 4.90 Å². The molecule has 1 heteroatoms. The van der Waals surface area contributed by atoms with E-state index in [0.717, 1.165) is 11.8 Å². The Labute approximate surface area is 346 Å². The van der Waals surface area contributed by atoms with Crippen LogP contribution >= 0.6 is 0 Å². The van der Waals surface area contributed by atoms with Crippen molar-refractivity contribution in [2.24, 2.45) is 23.7 Å². The van der Waals surface area contributed by atoms with Gasteiger partial charge in [-0.2, -0.15) is 0 Å². The van der Waals surface area contributed by atoms with Gasteiger partial charge in [0, 0.05) is 22.2 Å². The molecule has 4 bridgehead atoms. The first kappa shape index (κ1) is 35.1. The summed E-state index contributed by atoms with van der Waals surface area (Å²) in [5, 5.41) is 0. The van der Waals surface area contributed by atoms with Gasteiger partial charge in [0.1, 0.15) is 0 Å². The van der Waals surface area contributed by atoms with Crippen LogP contribution in [-0.2, 0) is 21.7 Å². The van der Waals surface area contributed by atoms with E-state index in [1.165, 1.54) is 118 Å². The molecule has 7 aliphatic carbocycles. The predicted molar refractivity (Wildman–Crippen MR) is 243 cm³/mol. The van der Waals surface area contributed by atoms with Crippen LogP contribution in [0.25, 0.3) is 33.4 Å². The molecule has 0 aromatic heterocycles. The SMILES string of the molecule is CC1(C)CCC(C)(C)c2c(N(c3ccc4c(c3)C(C)(C)c3ccccc3-4)c3cc(-c4ccccc4)c4c(c3)C3(c5ccccc5-4)C4CC5CC(C4)CC3C5)cccc21. The maximum absolute atomic E-state index is 2.73. The summed E-state index contributed by atoms with van der Waals surface area (Å²) in [6, 6.07) is 50.2. The van der Waals surface area contributed by atoms with Gasteiger partial charge in [-0.05, 0) is 177 Å². The van der Waals surface area contributed by atoms with Crippen molar-refractivity contribution >= 4 is 17.1 Å². The summed E-state index contributed by atoms with van der Waals surface area (Å²) in [7, 11) is 0. The summed E-state index contributed by atoms with van der Waals surface area (Å²) in [4.78, 5) is 2.72. The molecule has 0 amide bonds. The Balaban J connectivity index is 1.18. The molecule has 4 saturated carbocycles. The topological polar surface area (TPSA) is 3.24 Å². The smallest absolute Gasteiger partial charge is 0.0502 e. The van der Waals surface area contributed by atoms with Gasteiger partial charge < -0.3 is 4.90 Å². The first-order valence-electron chi connectivity index (χ1n) is 22.5. The van der Waals surface area contributed by atoms with E-state index < -0.39 is 0 Å². The number of nitrogens with zero attached hydrogens (tertiary/aromatic N) is 1. The van der Waals surface area contributed by atoms with Gasteiger partial charge in [0.2, 0.25) is 0 Å². The molecule has 1 spiro atoms. The number of anilines is 3. The third-order valence-electron chi connectivity index (χ3n) is 16.9. The lowest BCUT2D eigenvalue weighted by Gasteiger charge is -2.61. The average Bonchev–Trinajstić information content (AvgIpc) is 3.64. The molecule has 6 aromatic carbocycles. The monoisotopic (exact) mass is 755 g/mol. The fourth-order valence-corrected chi connectivity index (χ4v) is 14.4. The molecule has 0 radical (unpaired) electrons. The normalized spacial score (nSPS) is 26.8. The van der Waals surface area contributed by atoms with Gasteiger partial charge in [0.15, 0.2) is 0 Å². The van der Waals surface area contributed by atoms with Crippen LogP contribution < -0.4 is 4.90 Å². The van der Waals surface area contributed by atoms with Gasteiger partial charge >= 0.3 is 0 Å². The van der Waals surface area contributed by atoms with E-state index in [9.17, 15) is 0 Å². The third kappa shape index (κ3) is 4.60. The van der Waals surface area contributed by atoms with E-state index in [0.29, 0.717) is 11.8 Å². The minimum atomic E-state index is -0.0931. The molecule has 1 nitrogen and oxygen atoms in total. The molecule has 0 saturated heterocycles. The molecule has 0 unspecified atom stereocenters. The highest BCUT2D eigenvalue weighted by Gasteiger charge is 2.62. The van der Waals surface area contributed by atoms with Crippen LogP contribution in [0.4, 0.5) is 17.1 Å². The highest BCUT2D eigenvalue weighted by Crippen LogP contribution is 2.70. The highest BCUT2D eigenvalue weighted by molar-refractivity contribution is 5.97. The zero-order valence-electron chi connectivity index (χ0n) is 35.3. The number of rotatable bonds is 4. The second-order valence-corrected chi connectivity index (χ2v) is 21.2. The summed E-state index contributed by atoms with van der Waals surface area (Å²) in [6.07, 6.45) is 9.36. The fraction of sp³-hybridized carbons (Fsp3) is 0.368. The minimum absolute atomic E-state index is 0.0315. The molecule has 0 heterocycles. The van der Waals surface area contributed by atoms with Gasteiger partial charge in [-0.15, -0.1) is 0 Å². The zero-order chi connectivity index (χ0) is 39.3.